The van der Waals surface area contributed by atoms with Gasteiger partial charge in [0.25, 0.3) is 5.56 Å². The third-order valence-corrected chi connectivity index (χ3v) is 6.28. The van der Waals surface area contributed by atoms with Gasteiger partial charge in [-0.05, 0) is 26.3 Å². The van der Waals surface area contributed by atoms with Crippen LogP contribution in [0.3, 0.4) is 0 Å². The Bertz CT molecular complexity index is 1160. The number of fused-ring (bicyclic) bond motifs is 1. The van der Waals surface area contributed by atoms with E-state index in [4.69, 9.17) is 5.11 Å². The highest BCUT2D eigenvalue weighted by atomic mass is 32.1. The Morgan fingerprint density at radius 2 is 2.00 bits per heavy atom. The van der Waals surface area contributed by atoms with Crippen LogP contribution >= 0.6 is 11.3 Å². The molecule has 1 aliphatic rings. The summed E-state index contributed by atoms with van der Waals surface area (Å²) in [5, 5.41) is 12.0. The molecule has 3 rings (SSSR count). The molecule has 0 radical (unpaired) electrons. The number of halogens is 3. The van der Waals surface area contributed by atoms with Gasteiger partial charge in [-0.2, -0.15) is 13.2 Å². The van der Waals surface area contributed by atoms with Crippen LogP contribution in [0.4, 0.5) is 18.0 Å². The quantitative estimate of drug-likeness (QED) is 0.708. The Kier molecular flexibility index (Phi) is 6.16. The summed E-state index contributed by atoms with van der Waals surface area (Å²) in [4.78, 5) is 42.8. The van der Waals surface area contributed by atoms with Crippen molar-refractivity contribution in [3.8, 4) is 0 Å². The highest BCUT2D eigenvalue weighted by Crippen LogP contribution is 2.30. The summed E-state index contributed by atoms with van der Waals surface area (Å²) in [6.07, 6.45) is -7.01. The molecule has 1 aliphatic heterocycles. The van der Waals surface area contributed by atoms with Gasteiger partial charge in [0.1, 0.15) is 4.83 Å². The molecule has 0 saturated carbocycles. The van der Waals surface area contributed by atoms with Crippen molar-refractivity contribution < 1.29 is 23.1 Å². The maximum atomic E-state index is 13.0. The average Bonchev–Trinajstić information content (AvgIpc) is 3.18. The molecule has 0 aromatic carbocycles. The van der Waals surface area contributed by atoms with E-state index >= 15 is 0 Å². The molecule has 1 fully saturated rings. The number of aliphatic imine (C=N–C) groups is 1. The Balaban J connectivity index is 2.15. The first kappa shape index (κ1) is 22.8. The van der Waals surface area contributed by atoms with Crippen LogP contribution in [0, 0.1) is 6.92 Å². The highest BCUT2D eigenvalue weighted by Gasteiger charge is 2.29. The lowest BCUT2D eigenvalue weighted by Crippen LogP contribution is -2.41. The number of guanidine groups is 1. The SMILES string of the molecule is Cc1c(CN2CCN/C2=N\C(=O)O)sc2c1c(=O)n(C(C)C)c(=O)n2CCC(F)(F)F. The Morgan fingerprint density at radius 3 is 2.58 bits per heavy atom. The molecule has 1 saturated heterocycles. The lowest BCUT2D eigenvalue weighted by Gasteiger charge is -2.16. The summed E-state index contributed by atoms with van der Waals surface area (Å²) >= 11 is 1.07. The zero-order valence-corrected chi connectivity index (χ0v) is 17.9. The number of amides is 1. The second-order valence-electron chi connectivity index (χ2n) is 7.46. The van der Waals surface area contributed by atoms with Gasteiger partial charge in [-0.3, -0.25) is 13.9 Å². The molecule has 170 valence electrons. The number of nitrogens with zero attached hydrogens (tertiary/aromatic N) is 4. The molecule has 0 bridgehead atoms. The van der Waals surface area contributed by atoms with E-state index in [9.17, 15) is 27.6 Å². The lowest BCUT2D eigenvalue weighted by atomic mass is 10.2. The largest absolute Gasteiger partial charge is 0.463 e. The van der Waals surface area contributed by atoms with Crippen molar-refractivity contribution in [2.24, 2.45) is 4.99 Å². The predicted octanol–water partition coefficient (Wildman–Crippen LogP) is 2.51. The summed E-state index contributed by atoms with van der Waals surface area (Å²) in [5.41, 5.74) is -0.764. The van der Waals surface area contributed by atoms with Gasteiger partial charge in [0.05, 0.1) is 18.4 Å². The van der Waals surface area contributed by atoms with Crippen molar-refractivity contribution in [2.75, 3.05) is 13.1 Å². The molecule has 1 amide bonds. The minimum Gasteiger partial charge on any atom is -0.463 e. The summed E-state index contributed by atoms with van der Waals surface area (Å²) in [7, 11) is 0. The average molecular weight is 461 g/mol. The standard InChI is InChI=1S/C18H22F3N5O4S/c1-9(2)26-13(27)12-10(3)11(8-24-7-5-22-15(24)23-16(28)29)31-14(12)25(17(26)30)6-4-18(19,20)21/h9H,4-8H2,1-3H3,(H,22,23)(H,28,29). The van der Waals surface area contributed by atoms with Crippen molar-refractivity contribution in [3.05, 3.63) is 31.3 Å². The fourth-order valence-electron chi connectivity index (χ4n) is 3.50. The van der Waals surface area contributed by atoms with Crippen LogP contribution in [-0.4, -0.2) is 50.5 Å². The third kappa shape index (κ3) is 4.60. The van der Waals surface area contributed by atoms with E-state index in [1.807, 2.05) is 0 Å². The number of carbonyl (C=O) groups is 1. The maximum Gasteiger partial charge on any atom is 0.434 e. The van der Waals surface area contributed by atoms with Crippen LogP contribution in [0.15, 0.2) is 14.6 Å². The van der Waals surface area contributed by atoms with E-state index in [1.165, 1.54) is 0 Å². The Labute approximate surface area is 178 Å². The van der Waals surface area contributed by atoms with E-state index in [-0.39, 0.29) is 22.7 Å². The Morgan fingerprint density at radius 1 is 1.32 bits per heavy atom. The third-order valence-electron chi connectivity index (χ3n) is 4.98. The fourth-order valence-corrected chi connectivity index (χ4v) is 4.83. The molecule has 2 aromatic heterocycles. The number of aromatic nitrogens is 2. The number of carboxylic acid groups (broad SMARTS) is 1. The van der Waals surface area contributed by atoms with Gasteiger partial charge in [-0.1, -0.05) is 0 Å². The fraction of sp³-hybridized carbons (Fsp3) is 0.556. The molecule has 0 atom stereocenters. The van der Waals surface area contributed by atoms with Gasteiger partial charge in [0, 0.05) is 30.6 Å². The van der Waals surface area contributed by atoms with Crippen LogP contribution < -0.4 is 16.6 Å². The van der Waals surface area contributed by atoms with E-state index in [0.29, 0.717) is 23.5 Å². The number of rotatable bonds is 5. The molecule has 0 unspecified atom stereocenters. The lowest BCUT2D eigenvalue weighted by molar-refractivity contribution is -0.136. The van der Waals surface area contributed by atoms with Gasteiger partial charge >= 0.3 is 18.0 Å². The molecular weight excluding hydrogens is 439 g/mol. The molecule has 9 nitrogen and oxygen atoms in total. The first-order valence-electron chi connectivity index (χ1n) is 9.55. The van der Waals surface area contributed by atoms with Crippen molar-refractivity contribution in [3.63, 3.8) is 0 Å². The topological polar surface area (TPSA) is 109 Å². The zero-order chi connectivity index (χ0) is 23.1. The van der Waals surface area contributed by atoms with Crippen LogP contribution in [0.1, 0.15) is 36.8 Å². The van der Waals surface area contributed by atoms with Gasteiger partial charge in [0.2, 0.25) is 5.96 Å². The number of nitrogens with one attached hydrogen (secondary N) is 1. The molecule has 0 aliphatic carbocycles. The molecule has 2 aromatic rings. The molecule has 13 heteroatoms. The number of hydrogen-bond donors (Lipinski definition) is 2. The van der Waals surface area contributed by atoms with E-state index in [0.717, 1.165) is 20.5 Å². The van der Waals surface area contributed by atoms with E-state index in [2.05, 4.69) is 10.3 Å². The first-order valence-corrected chi connectivity index (χ1v) is 10.4. The predicted molar refractivity (Wildman–Crippen MR) is 110 cm³/mol. The minimum absolute atomic E-state index is 0.165. The van der Waals surface area contributed by atoms with Gasteiger partial charge in [-0.15, -0.1) is 16.3 Å². The molecular formula is C18H22F3N5O4S. The summed E-state index contributed by atoms with van der Waals surface area (Å²) in [5.74, 6) is 0.165. The number of alkyl halides is 3. The summed E-state index contributed by atoms with van der Waals surface area (Å²) in [6, 6.07) is -0.527. The van der Waals surface area contributed by atoms with Crippen LogP contribution in [0.5, 0.6) is 0 Å². The maximum absolute atomic E-state index is 13.0. The second kappa shape index (κ2) is 8.36. The van der Waals surface area contributed by atoms with Gasteiger partial charge < -0.3 is 15.3 Å². The molecule has 0 spiro atoms. The van der Waals surface area contributed by atoms with Gasteiger partial charge in [0.15, 0.2) is 0 Å². The minimum atomic E-state index is -4.46. The monoisotopic (exact) mass is 461 g/mol. The van der Waals surface area contributed by atoms with Crippen LogP contribution in [-0.2, 0) is 13.1 Å². The van der Waals surface area contributed by atoms with E-state index < -0.39 is 42.5 Å². The van der Waals surface area contributed by atoms with Crippen molar-refractivity contribution in [2.45, 2.75) is 52.5 Å². The van der Waals surface area contributed by atoms with Gasteiger partial charge in [-0.25, -0.2) is 9.59 Å². The molecule has 3 heterocycles. The van der Waals surface area contributed by atoms with Crippen molar-refractivity contribution in [1.29, 1.82) is 0 Å². The molecule has 31 heavy (non-hydrogen) atoms. The van der Waals surface area contributed by atoms with Crippen LogP contribution in [0.2, 0.25) is 0 Å². The van der Waals surface area contributed by atoms with Crippen molar-refractivity contribution >= 4 is 33.6 Å². The smallest absolute Gasteiger partial charge is 0.434 e. The zero-order valence-electron chi connectivity index (χ0n) is 17.1. The second-order valence-corrected chi connectivity index (χ2v) is 8.55. The Hall–Kier alpha value is -2.83. The number of thiophene rings is 1. The normalized spacial score (nSPS) is 16.0. The van der Waals surface area contributed by atoms with E-state index in [1.54, 1.807) is 25.7 Å². The highest BCUT2D eigenvalue weighted by molar-refractivity contribution is 7.18. The molecule has 2 N–H and O–H groups in total. The summed E-state index contributed by atoms with van der Waals surface area (Å²) < 4.78 is 40.6. The number of hydrogen-bond acceptors (Lipinski definition) is 4. The summed E-state index contributed by atoms with van der Waals surface area (Å²) in [6.45, 7) is 5.48. The number of aryl methyl sites for hydroxylation is 2. The van der Waals surface area contributed by atoms with Crippen molar-refractivity contribution in [1.82, 2.24) is 19.4 Å². The first-order chi connectivity index (χ1) is 14.4. The van der Waals surface area contributed by atoms with Crippen LogP contribution in [0.25, 0.3) is 10.2 Å².